The predicted octanol–water partition coefficient (Wildman–Crippen LogP) is 5.69. The fourth-order valence-corrected chi connectivity index (χ4v) is 8.60. The number of nitrogens with zero attached hydrogens (tertiary/aromatic N) is 1. The van der Waals surface area contributed by atoms with Crippen molar-refractivity contribution in [2.45, 2.75) is 63.3 Å². The van der Waals surface area contributed by atoms with Gasteiger partial charge in [-0.2, -0.15) is 5.26 Å². The summed E-state index contributed by atoms with van der Waals surface area (Å²) in [6.07, 6.45) is 3.99. The molecule has 0 heterocycles. The summed E-state index contributed by atoms with van der Waals surface area (Å²) in [5.74, 6) is -2.91. The minimum atomic E-state index is -2.09. The Morgan fingerprint density at radius 1 is 1.05 bits per heavy atom. The summed E-state index contributed by atoms with van der Waals surface area (Å²) in [6.45, 7) is 2.96. The maximum Gasteiger partial charge on any atom is 0.352 e. The largest absolute Gasteiger partial charge is 0.447 e. The van der Waals surface area contributed by atoms with Crippen LogP contribution in [0.15, 0.2) is 78.4 Å². The third-order valence-corrected chi connectivity index (χ3v) is 10.9. The molecule has 43 heavy (non-hydrogen) atoms. The lowest BCUT2D eigenvalue weighted by Crippen LogP contribution is -2.69. The van der Waals surface area contributed by atoms with Crippen molar-refractivity contribution in [3.05, 3.63) is 84.0 Å². The number of nitriles is 1. The molecule has 222 valence electrons. The van der Waals surface area contributed by atoms with Crippen LogP contribution in [0.2, 0.25) is 0 Å². The number of esters is 2. The zero-order chi connectivity index (χ0) is 30.6. The molecule has 4 aliphatic rings. The number of fused-ring (bicyclic) bond motifs is 5. The smallest absolute Gasteiger partial charge is 0.352 e. The molecular weight excluding hydrogens is 549 g/mol. The van der Waals surface area contributed by atoms with Gasteiger partial charge >= 0.3 is 11.9 Å². The number of benzene rings is 2. The van der Waals surface area contributed by atoms with Crippen LogP contribution in [0.25, 0.3) is 11.1 Å². The van der Waals surface area contributed by atoms with Gasteiger partial charge < -0.3 is 14.6 Å². The average Bonchev–Trinajstić information content (AvgIpc) is 3.29. The first-order valence-electron chi connectivity index (χ1n) is 14.7. The van der Waals surface area contributed by atoms with E-state index in [4.69, 9.17) is 14.7 Å². The molecule has 0 spiro atoms. The Kier molecular flexibility index (Phi) is 6.93. The van der Waals surface area contributed by atoms with Crippen LogP contribution in [0.3, 0.4) is 0 Å². The SMILES string of the molecule is C[C@]12C=CC(=O)C=C1CC[C@H]1[C@@H]3CC[C@](OC(=O)c4ccc(-c5ccccc5)cc4)(C(=O)OCC#N)[C@@]3(C)C[C@H](O)[C@@]12F. The highest BCUT2D eigenvalue weighted by molar-refractivity contribution is 6.01. The molecule has 4 aliphatic carbocycles. The summed E-state index contributed by atoms with van der Waals surface area (Å²) in [4.78, 5) is 39.6. The number of halogens is 1. The van der Waals surface area contributed by atoms with Gasteiger partial charge in [0, 0.05) is 16.7 Å². The molecule has 0 bridgehead atoms. The molecule has 1 N–H and O–H groups in total. The van der Waals surface area contributed by atoms with E-state index in [1.165, 1.54) is 12.2 Å². The fraction of sp³-hybridized carbons (Fsp3) is 0.429. The number of hydrogen-bond acceptors (Lipinski definition) is 7. The maximum atomic E-state index is 17.5. The summed E-state index contributed by atoms with van der Waals surface area (Å²) >= 11 is 0. The Morgan fingerprint density at radius 3 is 2.44 bits per heavy atom. The summed E-state index contributed by atoms with van der Waals surface area (Å²) < 4.78 is 29.0. The fourth-order valence-electron chi connectivity index (χ4n) is 8.60. The molecule has 0 amide bonds. The van der Waals surface area contributed by atoms with Crippen molar-refractivity contribution in [1.82, 2.24) is 0 Å². The second-order valence-electron chi connectivity index (χ2n) is 12.7. The maximum absolute atomic E-state index is 17.5. The highest BCUT2D eigenvalue weighted by Crippen LogP contribution is 2.70. The number of aliphatic hydroxyl groups excluding tert-OH is 1. The van der Waals surface area contributed by atoms with Gasteiger partial charge in [0.2, 0.25) is 5.60 Å². The second kappa shape index (κ2) is 10.3. The first-order valence-corrected chi connectivity index (χ1v) is 14.7. The van der Waals surface area contributed by atoms with Gasteiger partial charge in [0.1, 0.15) is 6.07 Å². The van der Waals surface area contributed by atoms with Crippen molar-refractivity contribution in [2.75, 3.05) is 6.61 Å². The Hall–Kier alpha value is -4.09. The van der Waals surface area contributed by atoms with Crippen molar-refractivity contribution in [1.29, 1.82) is 5.26 Å². The minimum absolute atomic E-state index is 0.0688. The minimum Gasteiger partial charge on any atom is -0.447 e. The molecule has 0 aromatic heterocycles. The van der Waals surface area contributed by atoms with Crippen LogP contribution in [-0.2, 0) is 19.1 Å². The first kappa shape index (κ1) is 29.0. The van der Waals surface area contributed by atoms with E-state index in [1.54, 1.807) is 50.3 Å². The molecule has 2 aromatic rings. The number of allylic oxidation sites excluding steroid dienone is 4. The van der Waals surface area contributed by atoms with Crippen LogP contribution in [0, 0.1) is 34.0 Å². The van der Waals surface area contributed by atoms with E-state index in [-0.39, 0.29) is 24.2 Å². The number of carbonyl (C=O) groups excluding carboxylic acids is 3. The molecule has 6 rings (SSSR count). The van der Waals surface area contributed by atoms with Crippen molar-refractivity contribution >= 4 is 17.7 Å². The van der Waals surface area contributed by atoms with Crippen molar-refractivity contribution < 1.29 is 33.4 Å². The van der Waals surface area contributed by atoms with Gasteiger partial charge in [0.25, 0.3) is 0 Å². The van der Waals surface area contributed by atoms with Crippen molar-refractivity contribution in [3.63, 3.8) is 0 Å². The van der Waals surface area contributed by atoms with E-state index in [2.05, 4.69) is 0 Å². The average molecular weight is 584 g/mol. The van der Waals surface area contributed by atoms with Crippen molar-refractivity contribution in [3.8, 4) is 17.2 Å². The van der Waals surface area contributed by atoms with Crippen LogP contribution in [0.5, 0.6) is 0 Å². The first-order chi connectivity index (χ1) is 20.5. The predicted molar refractivity (Wildman–Crippen MR) is 155 cm³/mol. The topological polar surface area (TPSA) is 114 Å². The lowest BCUT2D eigenvalue weighted by Gasteiger charge is -2.62. The highest BCUT2D eigenvalue weighted by Gasteiger charge is 2.76. The van der Waals surface area contributed by atoms with E-state index in [0.717, 1.165) is 11.1 Å². The molecule has 7 atom stereocenters. The van der Waals surface area contributed by atoms with E-state index in [9.17, 15) is 19.5 Å². The molecule has 3 saturated carbocycles. The Balaban J connectivity index is 1.36. The number of hydrogen-bond donors (Lipinski definition) is 1. The number of rotatable bonds is 5. The summed E-state index contributed by atoms with van der Waals surface area (Å²) in [5.41, 5.74) is -3.52. The molecule has 0 unspecified atom stereocenters. The molecular formula is C35H34FNO6. The number of alkyl halides is 1. The Labute approximate surface area is 250 Å². The van der Waals surface area contributed by atoms with Gasteiger partial charge in [0.05, 0.1) is 11.7 Å². The Morgan fingerprint density at radius 2 is 1.74 bits per heavy atom. The molecule has 0 radical (unpaired) electrons. The van der Waals surface area contributed by atoms with Gasteiger partial charge in [-0.1, -0.05) is 61.0 Å². The van der Waals surface area contributed by atoms with Gasteiger partial charge in [0.15, 0.2) is 18.1 Å². The van der Waals surface area contributed by atoms with Crippen LogP contribution < -0.4 is 0 Å². The molecule has 2 aromatic carbocycles. The lowest BCUT2D eigenvalue weighted by atomic mass is 9.45. The van der Waals surface area contributed by atoms with E-state index >= 15 is 4.39 Å². The summed E-state index contributed by atoms with van der Waals surface area (Å²) in [5, 5.41) is 20.8. The van der Waals surface area contributed by atoms with Crippen LogP contribution >= 0.6 is 0 Å². The second-order valence-corrected chi connectivity index (χ2v) is 12.7. The monoisotopic (exact) mass is 583 g/mol. The van der Waals surface area contributed by atoms with E-state index in [0.29, 0.717) is 24.8 Å². The van der Waals surface area contributed by atoms with Crippen LogP contribution in [-0.4, -0.2) is 46.8 Å². The number of ether oxygens (including phenoxy) is 2. The lowest BCUT2D eigenvalue weighted by molar-refractivity contribution is -0.224. The zero-order valence-electron chi connectivity index (χ0n) is 24.2. The van der Waals surface area contributed by atoms with Crippen LogP contribution in [0.1, 0.15) is 56.3 Å². The van der Waals surface area contributed by atoms with E-state index in [1.807, 2.05) is 30.3 Å². The zero-order valence-corrected chi connectivity index (χ0v) is 24.2. The quantitative estimate of drug-likeness (QED) is 0.450. The number of ketones is 1. The van der Waals surface area contributed by atoms with Gasteiger partial charge in [-0.25, -0.2) is 14.0 Å². The number of aliphatic hydroxyl groups is 1. The van der Waals surface area contributed by atoms with E-state index < -0.39 is 58.6 Å². The molecule has 0 saturated heterocycles. The van der Waals surface area contributed by atoms with Crippen LogP contribution in [0.4, 0.5) is 4.39 Å². The van der Waals surface area contributed by atoms with Gasteiger partial charge in [-0.05, 0) is 80.4 Å². The van der Waals surface area contributed by atoms with Gasteiger partial charge in [-0.15, -0.1) is 0 Å². The Bertz CT molecular complexity index is 1580. The third-order valence-electron chi connectivity index (χ3n) is 10.9. The van der Waals surface area contributed by atoms with Crippen molar-refractivity contribution in [2.24, 2.45) is 22.7 Å². The summed E-state index contributed by atoms with van der Waals surface area (Å²) in [7, 11) is 0. The standard InChI is InChI=1S/C35H34FNO6/c1-32-16-14-26(38)20-25(32)12-13-28-27-15-17-34(31(41)42-19-18-37,33(27,2)21-29(39)35(28,32)36)43-30(40)24-10-8-23(9-11-24)22-6-4-3-5-7-22/h3-11,14,16,20,27-29,39H,12-13,15,17,19,21H2,1-2H3/t27-,28-,29-,32-,33-,34-,35-/m0/s1. The number of carbonyl (C=O) groups is 3. The van der Waals surface area contributed by atoms with Gasteiger partial charge in [-0.3, -0.25) is 4.79 Å². The molecule has 0 aliphatic heterocycles. The summed E-state index contributed by atoms with van der Waals surface area (Å²) in [6, 6.07) is 18.3. The normalized spacial score (nSPS) is 35.9. The molecule has 3 fully saturated rings. The molecule has 7 nitrogen and oxygen atoms in total. The third kappa shape index (κ3) is 4.12. The highest BCUT2D eigenvalue weighted by atomic mass is 19.1. The molecule has 8 heteroatoms.